The highest BCUT2D eigenvalue weighted by Gasteiger charge is 2.36. The number of benzene rings is 1. The molecule has 96 valence electrons. The molecule has 4 heteroatoms. The van der Waals surface area contributed by atoms with E-state index in [-0.39, 0.29) is 0 Å². The summed E-state index contributed by atoms with van der Waals surface area (Å²) in [4.78, 5) is 0. The summed E-state index contributed by atoms with van der Waals surface area (Å²) in [6.45, 7) is 0. The van der Waals surface area contributed by atoms with Crippen molar-refractivity contribution in [1.29, 1.82) is 0 Å². The molecule has 0 radical (unpaired) electrons. The van der Waals surface area contributed by atoms with Crippen molar-refractivity contribution in [2.75, 3.05) is 25.7 Å². The Kier molecular flexibility index (Phi) is 3.41. The predicted octanol–water partition coefficient (Wildman–Crippen LogP) is 2.18. The van der Waals surface area contributed by atoms with Crippen LogP contribution < -0.4 is 11.5 Å². The van der Waals surface area contributed by atoms with Crippen molar-refractivity contribution in [3.05, 3.63) is 42.0 Å². The summed E-state index contributed by atoms with van der Waals surface area (Å²) in [7, 11) is 3.25. The number of rotatable bonds is 3. The molecule has 0 atom stereocenters. The monoisotopic (exact) mass is 246 g/mol. The van der Waals surface area contributed by atoms with Crippen molar-refractivity contribution in [3.63, 3.8) is 0 Å². The normalized spacial score (nSPS) is 17.6. The maximum atomic E-state index is 6.04. The van der Waals surface area contributed by atoms with Gasteiger partial charge in [0.25, 0.3) is 0 Å². The van der Waals surface area contributed by atoms with E-state index in [0.29, 0.717) is 17.8 Å². The van der Waals surface area contributed by atoms with Crippen LogP contribution in [0.4, 0.5) is 11.4 Å². The van der Waals surface area contributed by atoms with Crippen LogP contribution in [0.5, 0.6) is 0 Å². The van der Waals surface area contributed by atoms with Crippen molar-refractivity contribution < 1.29 is 9.47 Å². The van der Waals surface area contributed by atoms with Gasteiger partial charge < -0.3 is 20.9 Å². The third kappa shape index (κ3) is 1.89. The molecule has 1 aliphatic rings. The zero-order valence-corrected chi connectivity index (χ0v) is 10.6. The highest BCUT2D eigenvalue weighted by molar-refractivity contribution is 5.85. The lowest BCUT2D eigenvalue weighted by molar-refractivity contribution is -0.159. The second kappa shape index (κ2) is 4.84. The summed E-state index contributed by atoms with van der Waals surface area (Å²) in [5.41, 5.74) is 14.7. The molecule has 1 aromatic carbocycles. The largest absolute Gasteiger partial charge is 0.397 e. The molecule has 1 aliphatic carbocycles. The molecule has 0 fully saturated rings. The number of allylic oxidation sites excluding steroid dienone is 2. The summed E-state index contributed by atoms with van der Waals surface area (Å²) in [6.07, 6.45) is 6.55. The van der Waals surface area contributed by atoms with Crippen molar-refractivity contribution in [1.82, 2.24) is 0 Å². The highest BCUT2D eigenvalue weighted by Crippen LogP contribution is 2.40. The fraction of sp³-hybridized carbons (Fsp3) is 0.286. The first-order valence-corrected chi connectivity index (χ1v) is 5.76. The topological polar surface area (TPSA) is 70.5 Å². The Morgan fingerprint density at radius 3 is 2.56 bits per heavy atom. The molecule has 0 unspecified atom stereocenters. The zero-order valence-electron chi connectivity index (χ0n) is 10.6. The minimum Gasteiger partial charge on any atom is -0.397 e. The van der Waals surface area contributed by atoms with Gasteiger partial charge in [-0.15, -0.1) is 0 Å². The van der Waals surface area contributed by atoms with Crippen LogP contribution in [0, 0.1) is 0 Å². The Labute approximate surface area is 107 Å². The van der Waals surface area contributed by atoms with Crippen LogP contribution in [0.2, 0.25) is 0 Å². The van der Waals surface area contributed by atoms with Gasteiger partial charge in [0, 0.05) is 31.8 Å². The molecule has 4 nitrogen and oxygen atoms in total. The average molecular weight is 246 g/mol. The highest BCUT2D eigenvalue weighted by atomic mass is 16.7. The molecule has 0 saturated heterocycles. The van der Waals surface area contributed by atoms with E-state index >= 15 is 0 Å². The summed E-state index contributed by atoms with van der Waals surface area (Å²) in [6, 6.07) is 5.57. The predicted molar refractivity (Wildman–Crippen MR) is 73.7 cm³/mol. The van der Waals surface area contributed by atoms with Crippen molar-refractivity contribution in [2.45, 2.75) is 12.2 Å². The lowest BCUT2D eigenvalue weighted by Gasteiger charge is -2.34. The molecular weight excluding hydrogens is 228 g/mol. The lowest BCUT2D eigenvalue weighted by Crippen LogP contribution is -2.36. The molecule has 18 heavy (non-hydrogen) atoms. The molecule has 0 bridgehead atoms. The second-order valence-electron chi connectivity index (χ2n) is 4.18. The number of hydrogen-bond donors (Lipinski definition) is 2. The van der Waals surface area contributed by atoms with Gasteiger partial charge in [0.05, 0.1) is 11.4 Å². The summed E-state index contributed by atoms with van der Waals surface area (Å²) in [5, 5.41) is 0. The number of para-hydroxylation sites is 1. The molecule has 0 spiro atoms. The van der Waals surface area contributed by atoms with E-state index in [1.54, 1.807) is 20.3 Å². The van der Waals surface area contributed by atoms with Crippen molar-refractivity contribution >= 4 is 16.9 Å². The van der Waals surface area contributed by atoms with Gasteiger partial charge in [0.1, 0.15) is 0 Å². The maximum Gasteiger partial charge on any atom is 0.198 e. The summed E-state index contributed by atoms with van der Waals surface area (Å²) >= 11 is 0. The summed E-state index contributed by atoms with van der Waals surface area (Å²) < 4.78 is 11.1. The molecule has 2 rings (SSSR count). The molecule has 1 aromatic rings. The average Bonchev–Trinajstić information content (AvgIpc) is 2.42. The second-order valence-corrected chi connectivity index (χ2v) is 4.18. The zero-order chi connectivity index (χ0) is 13.2. The van der Waals surface area contributed by atoms with Gasteiger partial charge in [0.2, 0.25) is 0 Å². The van der Waals surface area contributed by atoms with E-state index < -0.39 is 5.79 Å². The molecule has 4 N–H and O–H groups in total. The summed E-state index contributed by atoms with van der Waals surface area (Å²) in [5.74, 6) is -0.795. The Hall–Kier alpha value is -1.78. The van der Waals surface area contributed by atoms with Crippen molar-refractivity contribution in [3.8, 4) is 0 Å². The van der Waals surface area contributed by atoms with Crippen LogP contribution in [-0.2, 0) is 9.47 Å². The lowest BCUT2D eigenvalue weighted by atomic mass is 9.89. The Morgan fingerprint density at radius 1 is 1.17 bits per heavy atom. The molecular formula is C14H18N2O2. The van der Waals surface area contributed by atoms with E-state index in [1.807, 2.05) is 30.4 Å². The van der Waals surface area contributed by atoms with Gasteiger partial charge in [-0.3, -0.25) is 0 Å². The fourth-order valence-corrected chi connectivity index (χ4v) is 2.21. The van der Waals surface area contributed by atoms with Gasteiger partial charge in [-0.05, 0) is 6.07 Å². The Balaban J connectivity index is 2.56. The van der Waals surface area contributed by atoms with E-state index in [0.717, 1.165) is 11.1 Å². The quantitative estimate of drug-likeness (QED) is 0.633. The van der Waals surface area contributed by atoms with E-state index in [1.165, 1.54) is 0 Å². The first-order valence-electron chi connectivity index (χ1n) is 5.76. The molecule has 0 aliphatic heterocycles. The Bertz CT molecular complexity index is 503. The first kappa shape index (κ1) is 12.7. The number of methoxy groups -OCH3 is 2. The molecule has 0 heterocycles. The maximum absolute atomic E-state index is 6.04. The van der Waals surface area contributed by atoms with Gasteiger partial charge in [0.15, 0.2) is 5.79 Å². The van der Waals surface area contributed by atoms with Gasteiger partial charge in [-0.2, -0.15) is 0 Å². The Morgan fingerprint density at radius 2 is 1.89 bits per heavy atom. The minimum atomic E-state index is -0.795. The molecule has 0 saturated carbocycles. The molecule has 0 amide bonds. The SMILES string of the molecule is COC1(OC)CC=CC=C1c1cccc(N)c1N. The number of nitrogens with two attached hydrogens (primary N) is 2. The third-order valence-electron chi connectivity index (χ3n) is 3.29. The molecule has 0 aromatic heterocycles. The smallest absolute Gasteiger partial charge is 0.198 e. The number of nitrogen functional groups attached to an aromatic ring is 2. The first-order chi connectivity index (χ1) is 8.64. The van der Waals surface area contributed by atoms with Gasteiger partial charge >= 0.3 is 0 Å². The van der Waals surface area contributed by atoms with Crippen LogP contribution in [0.1, 0.15) is 12.0 Å². The standard InChI is InChI=1S/C14H18N2O2/c1-17-14(18-2)9-4-3-7-11(14)10-6-5-8-12(15)13(10)16/h3-8H,9,15-16H2,1-2H3. The van der Waals surface area contributed by atoms with E-state index in [4.69, 9.17) is 20.9 Å². The third-order valence-corrected chi connectivity index (χ3v) is 3.29. The van der Waals surface area contributed by atoms with Crippen molar-refractivity contribution in [2.24, 2.45) is 0 Å². The van der Waals surface area contributed by atoms with Crippen LogP contribution in [-0.4, -0.2) is 20.0 Å². The number of ether oxygens (including phenoxy) is 2. The van der Waals surface area contributed by atoms with Gasteiger partial charge in [-0.1, -0.05) is 30.4 Å². The van der Waals surface area contributed by atoms with Crippen LogP contribution >= 0.6 is 0 Å². The van der Waals surface area contributed by atoms with Gasteiger partial charge in [-0.25, -0.2) is 0 Å². The van der Waals surface area contributed by atoms with E-state index in [2.05, 4.69) is 0 Å². The number of hydrogen-bond acceptors (Lipinski definition) is 4. The minimum absolute atomic E-state index is 0.553. The fourth-order valence-electron chi connectivity index (χ4n) is 2.21. The van der Waals surface area contributed by atoms with Crippen LogP contribution in [0.3, 0.4) is 0 Å². The van der Waals surface area contributed by atoms with E-state index in [9.17, 15) is 0 Å². The van der Waals surface area contributed by atoms with Crippen LogP contribution in [0.15, 0.2) is 36.4 Å². The van der Waals surface area contributed by atoms with Crippen LogP contribution in [0.25, 0.3) is 5.57 Å². The number of anilines is 2.